The van der Waals surface area contributed by atoms with E-state index in [-0.39, 0.29) is 30.7 Å². The van der Waals surface area contributed by atoms with Crippen molar-refractivity contribution in [1.29, 1.82) is 0 Å². The highest BCUT2D eigenvalue weighted by Gasteiger charge is 2.27. The summed E-state index contributed by atoms with van der Waals surface area (Å²) in [6.45, 7) is 7.37. The number of benzene rings is 1. The molecular formula is C20H29Cl2N3O2. The number of anilines is 1. The molecule has 1 unspecified atom stereocenters. The van der Waals surface area contributed by atoms with Gasteiger partial charge < -0.3 is 20.0 Å². The molecule has 150 valence electrons. The minimum absolute atomic E-state index is 0. The first-order valence-corrected chi connectivity index (χ1v) is 9.10. The molecule has 3 rings (SSSR count). The van der Waals surface area contributed by atoms with Crippen LogP contribution < -0.4 is 15.5 Å². The van der Waals surface area contributed by atoms with Crippen molar-refractivity contribution in [1.82, 2.24) is 10.6 Å². The van der Waals surface area contributed by atoms with Crippen LogP contribution in [0.5, 0.6) is 0 Å². The second-order valence-electron chi connectivity index (χ2n) is 6.59. The average molecular weight is 414 g/mol. The highest BCUT2D eigenvalue weighted by molar-refractivity contribution is 5.93. The molecule has 1 aromatic carbocycles. The third-order valence-corrected chi connectivity index (χ3v) is 4.66. The predicted octanol–water partition coefficient (Wildman–Crippen LogP) is 3.80. The molecule has 2 heterocycles. The molecule has 0 spiro atoms. The summed E-state index contributed by atoms with van der Waals surface area (Å²) in [5.74, 6) is 0.283. The third-order valence-electron chi connectivity index (χ3n) is 4.66. The normalized spacial score (nSPS) is 14.9. The van der Waals surface area contributed by atoms with Gasteiger partial charge in [-0.05, 0) is 44.0 Å². The SMILES string of the molecule is CCCNCCNC(=O)c1occc1CN1c2ccccc2CC1C.Cl.Cl. The number of nitrogens with one attached hydrogen (secondary N) is 2. The Kier molecular flexibility index (Phi) is 9.70. The van der Waals surface area contributed by atoms with Crippen molar-refractivity contribution in [2.45, 2.75) is 39.3 Å². The number of amides is 1. The van der Waals surface area contributed by atoms with E-state index in [9.17, 15) is 4.79 Å². The fourth-order valence-electron chi connectivity index (χ4n) is 3.36. The molecule has 0 saturated heterocycles. The molecule has 5 nitrogen and oxygen atoms in total. The lowest BCUT2D eigenvalue weighted by Crippen LogP contribution is -2.33. The number of furan rings is 1. The first-order valence-electron chi connectivity index (χ1n) is 9.10. The second-order valence-corrected chi connectivity index (χ2v) is 6.59. The number of nitrogens with zero attached hydrogens (tertiary/aromatic N) is 1. The minimum Gasteiger partial charge on any atom is -0.459 e. The van der Waals surface area contributed by atoms with E-state index in [0.717, 1.165) is 31.5 Å². The van der Waals surface area contributed by atoms with Crippen molar-refractivity contribution in [3.63, 3.8) is 0 Å². The Morgan fingerprint density at radius 1 is 1.19 bits per heavy atom. The van der Waals surface area contributed by atoms with Gasteiger partial charge in [0.2, 0.25) is 0 Å². The van der Waals surface area contributed by atoms with Crippen LogP contribution in [0, 0.1) is 0 Å². The van der Waals surface area contributed by atoms with E-state index in [0.29, 0.717) is 24.9 Å². The maximum atomic E-state index is 12.4. The third kappa shape index (κ3) is 5.64. The van der Waals surface area contributed by atoms with Gasteiger partial charge in [0.15, 0.2) is 5.76 Å². The molecule has 0 bridgehead atoms. The fourth-order valence-corrected chi connectivity index (χ4v) is 3.36. The van der Waals surface area contributed by atoms with Gasteiger partial charge in [0.25, 0.3) is 5.91 Å². The fraction of sp³-hybridized carbons (Fsp3) is 0.450. The summed E-state index contributed by atoms with van der Waals surface area (Å²) < 4.78 is 5.48. The highest BCUT2D eigenvalue weighted by Crippen LogP contribution is 2.33. The lowest BCUT2D eigenvalue weighted by Gasteiger charge is -2.24. The smallest absolute Gasteiger partial charge is 0.287 e. The minimum atomic E-state index is -0.140. The van der Waals surface area contributed by atoms with Gasteiger partial charge in [-0.3, -0.25) is 4.79 Å². The van der Waals surface area contributed by atoms with Crippen LogP contribution in [0.25, 0.3) is 0 Å². The van der Waals surface area contributed by atoms with Crippen LogP contribution in [0.2, 0.25) is 0 Å². The van der Waals surface area contributed by atoms with E-state index >= 15 is 0 Å². The number of halogens is 2. The van der Waals surface area contributed by atoms with E-state index in [4.69, 9.17) is 4.42 Å². The van der Waals surface area contributed by atoms with Gasteiger partial charge in [-0.2, -0.15) is 0 Å². The first-order chi connectivity index (χ1) is 12.2. The average Bonchev–Trinajstić information content (AvgIpc) is 3.20. The van der Waals surface area contributed by atoms with Crippen molar-refractivity contribution in [2.75, 3.05) is 24.5 Å². The van der Waals surface area contributed by atoms with E-state index in [2.05, 4.69) is 53.6 Å². The standard InChI is InChI=1S/C20H27N3O2.2ClH/c1-3-9-21-10-11-22-20(24)19-17(8-12-25-19)14-23-15(2)13-16-6-4-5-7-18(16)23;;/h4-8,12,15,21H,3,9-11,13-14H2,1-2H3,(H,22,24);2*1H. The lowest BCUT2D eigenvalue weighted by molar-refractivity contribution is 0.0925. The van der Waals surface area contributed by atoms with E-state index in [1.807, 2.05) is 6.07 Å². The number of hydrogen-bond donors (Lipinski definition) is 2. The molecule has 1 aliphatic rings. The van der Waals surface area contributed by atoms with E-state index in [1.165, 1.54) is 11.3 Å². The number of carbonyl (C=O) groups is 1. The number of fused-ring (bicyclic) bond motifs is 1. The maximum Gasteiger partial charge on any atom is 0.287 e. The van der Waals surface area contributed by atoms with Crippen LogP contribution in [-0.4, -0.2) is 31.6 Å². The van der Waals surface area contributed by atoms with Crippen LogP contribution in [0.3, 0.4) is 0 Å². The van der Waals surface area contributed by atoms with Gasteiger partial charge in [-0.15, -0.1) is 24.8 Å². The molecule has 0 fully saturated rings. The molecule has 1 atom stereocenters. The molecule has 2 aromatic rings. The van der Waals surface area contributed by atoms with E-state index < -0.39 is 0 Å². The molecule has 1 amide bonds. The van der Waals surface area contributed by atoms with Gasteiger partial charge in [-0.25, -0.2) is 0 Å². The summed E-state index contributed by atoms with van der Waals surface area (Å²) in [6.07, 6.45) is 3.73. The summed E-state index contributed by atoms with van der Waals surface area (Å²) in [4.78, 5) is 14.8. The molecule has 1 aliphatic heterocycles. The molecule has 0 aliphatic carbocycles. The zero-order chi connectivity index (χ0) is 17.6. The summed E-state index contributed by atoms with van der Waals surface area (Å²) in [6, 6.07) is 10.8. The Balaban J connectivity index is 0.00000182. The van der Waals surface area contributed by atoms with Crippen LogP contribution in [0.15, 0.2) is 41.0 Å². The number of carbonyl (C=O) groups excluding carboxylic acids is 1. The van der Waals surface area contributed by atoms with Gasteiger partial charge in [-0.1, -0.05) is 25.1 Å². The molecule has 0 saturated carbocycles. The Hall–Kier alpha value is -1.69. The monoisotopic (exact) mass is 413 g/mol. The van der Waals surface area contributed by atoms with Crippen molar-refractivity contribution < 1.29 is 9.21 Å². The first kappa shape index (κ1) is 23.3. The zero-order valence-corrected chi connectivity index (χ0v) is 17.5. The summed E-state index contributed by atoms with van der Waals surface area (Å²) in [7, 11) is 0. The number of rotatable bonds is 8. The van der Waals surface area contributed by atoms with Crippen LogP contribution in [-0.2, 0) is 13.0 Å². The Labute approximate surface area is 173 Å². The summed E-state index contributed by atoms with van der Waals surface area (Å²) >= 11 is 0. The zero-order valence-electron chi connectivity index (χ0n) is 15.9. The lowest BCUT2D eigenvalue weighted by atomic mass is 10.1. The molecule has 27 heavy (non-hydrogen) atoms. The van der Waals surface area contributed by atoms with Gasteiger partial charge in [0, 0.05) is 36.9 Å². The Morgan fingerprint density at radius 3 is 2.74 bits per heavy atom. The quantitative estimate of drug-likeness (QED) is 0.646. The highest BCUT2D eigenvalue weighted by atomic mass is 35.5. The van der Waals surface area contributed by atoms with Crippen molar-refractivity contribution >= 4 is 36.4 Å². The summed E-state index contributed by atoms with van der Waals surface area (Å²) in [5.41, 5.74) is 3.56. The van der Waals surface area contributed by atoms with Crippen molar-refractivity contribution in [3.05, 3.63) is 53.5 Å². The molecule has 2 N–H and O–H groups in total. The van der Waals surface area contributed by atoms with Gasteiger partial charge in [0.05, 0.1) is 6.26 Å². The molecule has 0 radical (unpaired) electrons. The summed E-state index contributed by atoms with van der Waals surface area (Å²) in [5, 5.41) is 6.20. The second kappa shape index (κ2) is 11.2. The van der Waals surface area contributed by atoms with E-state index in [1.54, 1.807) is 6.26 Å². The molecule has 7 heteroatoms. The molecule has 1 aromatic heterocycles. The van der Waals surface area contributed by atoms with Gasteiger partial charge in [0.1, 0.15) is 0 Å². The van der Waals surface area contributed by atoms with Crippen molar-refractivity contribution in [3.8, 4) is 0 Å². The largest absolute Gasteiger partial charge is 0.459 e. The van der Waals surface area contributed by atoms with Gasteiger partial charge >= 0.3 is 0 Å². The predicted molar refractivity (Wildman–Crippen MR) is 114 cm³/mol. The molecular weight excluding hydrogens is 385 g/mol. The van der Waals surface area contributed by atoms with Crippen LogP contribution in [0.4, 0.5) is 5.69 Å². The number of hydrogen-bond acceptors (Lipinski definition) is 4. The Bertz CT molecular complexity index is 721. The Morgan fingerprint density at radius 2 is 1.96 bits per heavy atom. The topological polar surface area (TPSA) is 57.5 Å². The number of para-hydroxylation sites is 1. The maximum absolute atomic E-state index is 12.4. The van der Waals surface area contributed by atoms with Crippen molar-refractivity contribution in [2.24, 2.45) is 0 Å². The van der Waals surface area contributed by atoms with Crippen LogP contribution in [0.1, 0.15) is 41.9 Å². The van der Waals surface area contributed by atoms with Crippen LogP contribution >= 0.6 is 24.8 Å².